The molecule has 6 nitrogen and oxygen atoms in total. The maximum absolute atomic E-state index is 11.9. The van der Waals surface area contributed by atoms with Gasteiger partial charge in [-0.05, 0) is 24.5 Å². The van der Waals surface area contributed by atoms with Crippen LogP contribution >= 0.6 is 0 Å². The molecular weight excluding hydrogens is 268 g/mol. The Morgan fingerprint density at radius 2 is 2.05 bits per heavy atom. The maximum atomic E-state index is 11.9. The summed E-state index contributed by atoms with van der Waals surface area (Å²) in [6.45, 7) is 0.406. The Kier molecular flexibility index (Phi) is 4.94. The highest BCUT2D eigenvalue weighted by molar-refractivity contribution is 5.86. The number of para-hydroxylation sites is 1. The molecule has 1 atom stereocenters. The number of fused-ring (bicyclic) bond motifs is 1. The van der Waals surface area contributed by atoms with Gasteiger partial charge in [0.15, 0.2) is 0 Å². The molecule has 0 saturated heterocycles. The fourth-order valence-electron chi connectivity index (χ4n) is 2.24. The molecule has 112 valence electrons. The zero-order chi connectivity index (χ0) is 15.2. The summed E-state index contributed by atoms with van der Waals surface area (Å²) in [6.07, 6.45) is 3.13. The minimum Gasteiger partial charge on any atom is -0.370 e. The van der Waals surface area contributed by atoms with E-state index in [1.54, 1.807) is 0 Å². The molecule has 6 heteroatoms. The molecule has 1 aromatic carbocycles. The van der Waals surface area contributed by atoms with Crippen molar-refractivity contribution in [3.8, 4) is 0 Å². The first kappa shape index (κ1) is 15.1. The Hall–Kier alpha value is -2.34. The maximum Gasteiger partial charge on any atom is 0.237 e. The number of aromatic nitrogens is 1. The lowest BCUT2D eigenvalue weighted by Gasteiger charge is -2.11. The van der Waals surface area contributed by atoms with Crippen LogP contribution in [0.5, 0.6) is 0 Å². The minimum absolute atomic E-state index is 0.218. The van der Waals surface area contributed by atoms with Crippen LogP contribution in [0.3, 0.4) is 0 Å². The largest absolute Gasteiger partial charge is 0.370 e. The highest BCUT2D eigenvalue weighted by atomic mass is 16.2. The zero-order valence-electron chi connectivity index (χ0n) is 11.8. The molecule has 0 spiro atoms. The van der Waals surface area contributed by atoms with Crippen molar-refractivity contribution in [2.45, 2.75) is 25.3 Å². The molecule has 1 aromatic heterocycles. The average Bonchev–Trinajstić information content (AvgIpc) is 2.86. The predicted octanol–water partition coefficient (Wildman–Crippen LogP) is 0.419. The van der Waals surface area contributed by atoms with E-state index in [2.05, 4.69) is 10.3 Å². The lowest BCUT2D eigenvalue weighted by Crippen LogP contribution is -2.42. The van der Waals surface area contributed by atoms with E-state index in [9.17, 15) is 9.59 Å². The van der Waals surface area contributed by atoms with Crippen molar-refractivity contribution in [1.82, 2.24) is 10.3 Å². The molecular formula is C15H20N4O2. The van der Waals surface area contributed by atoms with Gasteiger partial charge in [-0.2, -0.15) is 0 Å². The second-order valence-electron chi connectivity index (χ2n) is 5.03. The van der Waals surface area contributed by atoms with E-state index >= 15 is 0 Å². The molecule has 0 aliphatic heterocycles. The van der Waals surface area contributed by atoms with Gasteiger partial charge >= 0.3 is 0 Å². The lowest BCUT2D eigenvalue weighted by atomic mass is 10.1. The number of H-pyrrole nitrogens is 1. The van der Waals surface area contributed by atoms with Gasteiger partial charge in [0.2, 0.25) is 11.8 Å². The van der Waals surface area contributed by atoms with Crippen LogP contribution < -0.4 is 16.8 Å². The van der Waals surface area contributed by atoms with Gasteiger partial charge in [-0.25, -0.2) is 0 Å². The van der Waals surface area contributed by atoms with Crippen LogP contribution in [-0.2, 0) is 16.0 Å². The first-order valence-corrected chi connectivity index (χ1v) is 6.94. The summed E-state index contributed by atoms with van der Waals surface area (Å²) >= 11 is 0. The van der Waals surface area contributed by atoms with Gasteiger partial charge in [0.1, 0.15) is 0 Å². The molecule has 0 saturated carbocycles. The van der Waals surface area contributed by atoms with E-state index in [1.165, 1.54) is 0 Å². The van der Waals surface area contributed by atoms with Crippen LogP contribution in [0.1, 0.15) is 18.4 Å². The normalized spacial score (nSPS) is 12.2. The summed E-state index contributed by atoms with van der Waals surface area (Å²) in [5.41, 5.74) is 13.0. The summed E-state index contributed by atoms with van der Waals surface area (Å²) in [4.78, 5) is 25.6. The van der Waals surface area contributed by atoms with Crippen molar-refractivity contribution in [1.29, 1.82) is 0 Å². The van der Waals surface area contributed by atoms with E-state index in [0.29, 0.717) is 19.4 Å². The highest BCUT2D eigenvalue weighted by Crippen LogP contribution is 2.18. The molecule has 6 N–H and O–H groups in total. The topological polar surface area (TPSA) is 114 Å². The third-order valence-corrected chi connectivity index (χ3v) is 3.35. The standard InChI is InChI=1S/C15H20N4O2/c16-12(15(21)18-7-3-6-14(17)20)8-10-9-19-13-5-2-1-4-11(10)13/h1-2,4-5,9,12,19H,3,6-8,16H2,(H2,17,20)(H,18,21)/t12-/m0/s1. The number of benzene rings is 1. The second kappa shape index (κ2) is 6.90. The molecule has 0 aliphatic carbocycles. The van der Waals surface area contributed by atoms with Crippen molar-refractivity contribution in [2.75, 3.05) is 6.54 Å². The molecule has 21 heavy (non-hydrogen) atoms. The molecule has 2 amide bonds. The quantitative estimate of drug-likeness (QED) is 0.553. The first-order chi connectivity index (χ1) is 10.1. The molecule has 2 rings (SSSR count). The summed E-state index contributed by atoms with van der Waals surface area (Å²) < 4.78 is 0. The van der Waals surface area contributed by atoms with Crippen molar-refractivity contribution in [3.05, 3.63) is 36.0 Å². The molecule has 0 unspecified atom stereocenters. The smallest absolute Gasteiger partial charge is 0.237 e. The van der Waals surface area contributed by atoms with Crippen LogP contribution in [0.15, 0.2) is 30.5 Å². The van der Waals surface area contributed by atoms with E-state index in [0.717, 1.165) is 16.5 Å². The van der Waals surface area contributed by atoms with Crippen molar-refractivity contribution in [2.24, 2.45) is 11.5 Å². The number of hydrogen-bond acceptors (Lipinski definition) is 3. The van der Waals surface area contributed by atoms with E-state index < -0.39 is 6.04 Å². The van der Waals surface area contributed by atoms with Crippen molar-refractivity contribution in [3.63, 3.8) is 0 Å². The fraction of sp³-hybridized carbons (Fsp3) is 0.333. The van der Waals surface area contributed by atoms with Gasteiger partial charge < -0.3 is 21.8 Å². The first-order valence-electron chi connectivity index (χ1n) is 6.94. The van der Waals surface area contributed by atoms with E-state index in [4.69, 9.17) is 11.5 Å². The van der Waals surface area contributed by atoms with Crippen LogP contribution in [-0.4, -0.2) is 29.4 Å². The molecule has 0 radical (unpaired) electrons. The van der Waals surface area contributed by atoms with Gasteiger partial charge in [-0.15, -0.1) is 0 Å². The van der Waals surface area contributed by atoms with Gasteiger partial charge in [-0.3, -0.25) is 9.59 Å². The monoisotopic (exact) mass is 288 g/mol. The SMILES string of the molecule is NC(=O)CCCNC(=O)[C@@H](N)Cc1c[nH]c2ccccc12. The molecule has 2 aromatic rings. The number of rotatable bonds is 7. The zero-order valence-corrected chi connectivity index (χ0v) is 11.8. The van der Waals surface area contributed by atoms with Gasteiger partial charge in [0.05, 0.1) is 6.04 Å². The number of carbonyl (C=O) groups excluding carboxylic acids is 2. The predicted molar refractivity (Wildman–Crippen MR) is 81.4 cm³/mol. The number of nitrogens with one attached hydrogen (secondary N) is 2. The third-order valence-electron chi connectivity index (χ3n) is 3.35. The number of carbonyl (C=O) groups is 2. The third kappa shape index (κ3) is 4.06. The molecule has 1 heterocycles. The lowest BCUT2D eigenvalue weighted by molar-refractivity contribution is -0.123. The Balaban J connectivity index is 1.87. The number of primary amides is 1. The summed E-state index contributed by atoms with van der Waals surface area (Å²) in [7, 11) is 0. The molecule has 0 bridgehead atoms. The Bertz CT molecular complexity index is 635. The summed E-state index contributed by atoms with van der Waals surface area (Å²) in [5.74, 6) is -0.586. The van der Waals surface area contributed by atoms with Crippen molar-refractivity contribution >= 4 is 22.7 Å². The Morgan fingerprint density at radius 3 is 2.81 bits per heavy atom. The molecule has 0 aliphatic rings. The minimum atomic E-state index is -0.613. The number of amides is 2. The Labute approximate surface area is 122 Å². The second-order valence-corrected chi connectivity index (χ2v) is 5.03. The van der Waals surface area contributed by atoms with Gasteiger partial charge in [-0.1, -0.05) is 18.2 Å². The average molecular weight is 288 g/mol. The highest BCUT2D eigenvalue weighted by Gasteiger charge is 2.15. The fourth-order valence-corrected chi connectivity index (χ4v) is 2.24. The van der Waals surface area contributed by atoms with Gasteiger partial charge in [0.25, 0.3) is 0 Å². The number of nitrogens with two attached hydrogens (primary N) is 2. The Morgan fingerprint density at radius 1 is 1.29 bits per heavy atom. The summed E-state index contributed by atoms with van der Waals surface area (Å²) in [6, 6.07) is 7.27. The molecule has 0 fully saturated rings. The number of aromatic amines is 1. The van der Waals surface area contributed by atoms with Crippen LogP contribution in [0, 0.1) is 0 Å². The van der Waals surface area contributed by atoms with Crippen molar-refractivity contribution < 1.29 is 9.59 Å². The van der Waals surface area contributed by atoms with Crippen LogP contribution in [0.2, 0.25) is 0 Å². The summed E-state index contributed by atoms with van der Waals surface area (Å²) in [5, 5.41) is 3.79. The van der Waals surface area contributed by atoms with E-state index in [-0.39, 0.29) is 18.2 Å². The van der Waals surface area contributed by atoms with Gasteiger partial charge in [0, 0.05) is 30.1 Å². The number of hydrogen-bond donors (Lipinski definition) is 4. The van der Waals surface area contributed by atoms with Crippen LogP contribution in [0.25, 0.3) is 10.9 Å². The van der Waals surface area contributed by atoms with E-state index in [1.807, 2.05) is 30.5 Å². The van der Waals surface area contributed by atoms with Crippen LogP contribution in [0.4, 0.5) is 0 Å².